The minimum absolute atomic E-state index is 0.200. The van der Waals surface area contributed by atoms with E-state index in [2.05, 4.69) is 5.32 Å². The van der Waals surface area contributed by atoms with Crippen molar-refractivity contribution in [2.24, 2.45) is 0 Å². The number of hydrogen-bond donors (Lipinski definition) is 1. The molecule has 0 saturated carbocycles. The maximum Gasteiger partial charge on any atom is 0.282 e. The van der Waals surface area contributed by atoms with Gasteiger partial charge in [-0.3, -0.25) is 9.59 Å². The highest BCUT2D eigenvalue weighted by Gasteiger charge is 2.40. The molecule has 4 rings (SSSR count). The fourth-order valence-electron chi connectivity index (χ4n) is 3.73. The summed E-state index contributed by atoms with van der Waals surface area (Å²) in [6, 6.07) is 20.0. The van der Waals surface area contributed by atoms with Gasteiger partial charge < -0.3 is 14.8 Å². The third-order valence-corrected chi connectivity index (χ3v) is 5.34. The average molecular weight is 428 g/mol. The van der Waals surface area contributed by atoms with E-state index in [1.165, 1.54) is 4.90 Å². The normalized spacial score (nSPS) is 13.6. The molecule has 0 radical (unpaired) electrons. The van der Waals surface area contributed by atoms with Crippen LogP contribution < -0.4 is 19.7 Å². The molecule has 162 valence electrons. The standard InChI is InChI=1S/C26H24N2O4/c1-16-6-5-7-19(14-16)28-25(29)23(18-9-11-20(31-3)12-10-18)24(26(28)30)27-21-15-17(2)8-13-22(21)32-4/h5-15,27H,1-4H3. The van der Waals surface area contributed by atoms with E-state index in [1.807, 2.05) is 50.2 Å². The number of benzene rings is 3. The van der Waals surface area contributed by atoms with Crippen LogP contribution in [0.4, 0.5) is 11.4 Å². The van der Waals surface area contributed by atoms with Crippen LogP contribution in [0.25, 0.3) is 5.57 Å². The number of rotatable bonds is 6. The van der Waals surface area contributed by atoms with Gasteiger partial charge in [0.05, 0.1) is 31.2 Å². The van der Waals surface area contributed by atoms with Crippen molar-refractivity contribution in [1.82, 2.24) is 0 Å². The number of carbonyl (C=O) groups is 2. The van der Waals surface area contributed by atoms with E-state index in [1.54, 1.807) is 44.6 Å². The Labute approximate surface area is 187 Å². The van der Waals surface area contributed by atoms with Crippen molar-refractivity contribution >= 4 is 28.8 Å². The second-order valence-electron chi connectivity index (χ2n) is 7.59. The Hall–Kier alpha value is -4.06. The van der Waals surface area contributed by atoms with Crippen molar-refractivity contribution in [2.75, 3.05) is 24.4 Å². The van der Waals surface area contributed by atoms with E-state index in [9.17, 15) is 9.59 Å². The lowest BCUT2D eigenvalue weighted by atomic mass is 10.0. The molecule has 0 fully saturated rings. The van der Waals surface area contributed by atoms with E-state index < -0.39 is 5.91 Å². The van der Waals surface area contributed by atoms with E-state index in [0.717, 1.165) is 11.1 Å². The molecule has 0 bridgehead atoms. The number of carbonyl (C=O) groups excluding carboxylic acids is 2. The Morgan fingerprint density at radius 3 is 2.16 bits per heavy atom. The van der Waals surface area contributed by atoms with Crippen LogP contribution in [0.2, 0.25) is 0 Å². The van der Waals surface area contributed by atoms with Crippen molar-refractivity contribution in [3.05, 3.63) is 89.1 Å². The summed E-state index contributed by atoms with van der Waals surface area (Å²) in [6.45, 7) is 3.87. The Morgan fingerprint density at radius 2 is 1.50 bits per heavy atom. The molecule has 0 unspecified atom stereocenters. The molecule has 2 amide bonds. The van der Waals surface area contributed by atoms with Crippen LogP contribution in [0.3, 0.4) is 0 Å². The first-order valence-corrected chi connectivity index (χ1v) is 10.2. The van der Waals surface area contributed by atoms with Crippen LogP contribution in [0, 0.1) is 13.8 Å². The van der Waals surface area contributed by atoms with Crippen molar-refractivity contribution < 1.29 is 19.1 Å². The number of methoxy groups -OCH3 is 2. The van der Waals surface area contributed by atoms with Gasteiger partial charge >= 0.3 is 0 Å². The summed E-state index contributed by atoms with van der Waals surface area (Å²) in [5, 5.41) is 3.18. The fourth-order valence-corrected chi connectivity index (χ4v) is 3.73. The molecule has 32 heavy (non-hydrogen) atoms. The summed E-state index contributed by atoms with van der Waals surface area (Å²) in [5.74, 6) is 0.429. The van der Waals surface area contributed by atoms with Crippen molar-refractivity contribution in [3.63, 3.8) is 0 Å². The first-order chi connectivity index (χ1) is 15.4. The summed E-state index contributed by atoms with van der Waals surface area (Å²) in [7, 11) is 3.14. The van der Waals surface area contributed by atoms with Gasteiger partial charge in [0.15, 0.2) is 0 Å². The third-order valence-electron chi connectivity index (χ3n) is 5.34. The fraction of sp³-hybridized carbons (Fsp3) is 0.154. The van der Waals surface area contributed by atoms with Crippen molar-refractivity contribution in [2.45, 2.75) is 13.8 Å². The number of nitrogens with one attached hydrogen (secondary N) is 1. The first kappa shape index (κ1) is 21.2. The minimum Gasteiger partial charge on any atom is -0.497 e. The van der Waals surface area contributed by atoms with E-state index >= 15 is 0 Å². The van der Waals surface area contributed by atoms with Gasteiger partial charge in [0, 0.05) is 0 Å². The summed E-state index contributed by atoms with van der Waals surface area (Å²) in [6.07, 6.45) is 0. The molecule has 0 aliphatic carbocycles. The number of imide groups is 1. The zero-order valence-corrected chi connectivity index (χ0v) is 18.4. The Bertz CT molecular complexity index is 1230. The highest BCUT2D eigenvalue weighted by atomic mass is 16.5. The van der Waals surface area contributed by atoms with Gasteiger partial charge in [-0.15, -0.1) is 0 Å². The number of nitrogens with zero attached hydrogens (tertiary/aromatic N) is 1. The highest BCUT2D eigenvalue weighted by Crippen LogP contribution is 2.36. The molecular formula is C26H24N2O4. The van der Waals surface area contributed by atoms with Crippen molar-refractivity contribution in [3.8, 4) is 11.5 Å². The quantitative estimate of drug-likeness (QED) is 0.576. The Kier molecular flexibility index (Phi) is 5.69. The lowest BCUT2D eigenvalue weighted by Gasteiger charge is -2.16. The summed E-state index contributed by atoms with van der Waals surface area (Å²) in [4.78, 5) is 28.3. The van der Waals surface area contributed by atoms with E-state index in [0.29, 0.717) is 34.0 Å². The molecule has 3 aromatic rings. The number of ether oxygens (including phenoxy) is 2. The van der Waals surface area contributed by atoms with Gasteiger partial charge in [0.25, 0.3) is 11.8 Å². The summed E-state index contributed by atoms with van der Waals surface area (Å²) >= 11 is 0. The second-order valence-corrected chi connectivity index (χ2v) is 7.59. The number of aryl methyl sites for hydroxylation is 2. The Morgan fingerprint density at radius 1 is 0.781 bits per heavy atom. The predicted octanol–water partition coefficient (Wildman–Crippen LogP) is 4.72. The number of anilines is 2. The first-order valence-electron chi connectivity index (χ1n) is 10.2. The SMILES string of the molecule is COc1ccc(C2=C(Nc3cc(C)ccc3OC)C(=O)N(c3cccc(C)c3)C2=O)cc1. The third kappa shape index (κ3) is 3.83. The van der Waals surface area contributed by atoms with E-state index in [4.69, 9.17) is 9.47 Å². The van der Waals surface area contributed by atoms with Crippen LogP contribution >= 0.6 is 0 Å². The average Bonchev–Trinajstić information content (AvgIpc) is 3.03. The van der Waals surface area contributed by atoms with Gasteiger partial charge in [0.1, 0.15) is 17.2 Å². The zero-order chi connectivity index (χ0) is 22.8. The molecular weight excluding hydrogens is 404 g/mol. The lowest BCUT2D eigenvalue weighted by molar-refractivity contribution is -0.120. The molecule has 6 nitrogen and oxygen atoms in total. The lowest BCUT2D eigenvalue weighted by Crippen LogP contribution is -2.32. The largest absolute Gasteiger partial charge is 0.497 e. The van der Waals surface area contributed by atoms with Crippen LogP contribution in [0.1, 0.15) is 16.7 Å². The van der Waals surface area contributed by atoms with Gasteiger partial charge in [-0.1, -0.05) is 30.3 Å². The molecule has 1 heterocycles. The second kappa shape index (κ2) is 8.59. The van der Waals surface area contributed by atoms with Crippen LogP contribution in [0.15, 0.2) is 72.4 Å². The Balaban J connectivity index is 1.85. The highest BCUT2D eigenvalue weighted by molar-refractivity contribution is 6.46. The maximum atomic E-state index is 13.5. The number of amides is 2. The number of hydrogen-bond acceptors (Lipinski definition) is 5. The van der Waals surface area contributed by atoms with Gasteiger partial charge in [-0.2, -0.15) is 0 Å². The molecule has 0 atom stereocenters. The van der Waals surface area contributed by atoms with E-state index in [-0.39, 0.29) is 11.6 Å². The van der Waals surface area contributed by atoms with Crippen LogP contribution in [0.5, 0.6) is 11.5 Å². The summed E-state index contributed by atoms with van der Waals surface area (Å²) in [5.41, 5.74) is 4.20. The molecule has 6 heteroatoms. The molecule has 0 aromatic heterocycles. The molecule has 1 aliphatic heterocycles. The van der Waals surface area contributed by atoms with Gasteiger partial charge in [0.2, 0.25) is 0 Å². The molecule has 0 saturated heterocycles. The van der Waals surface area contributed by atoms with Crippen LogP contribution in [-0.4, -0.2) is 26.0 Å². The topological polar surface area (TPSA) is 67.9 Å². The summed E-state index contributed by atoms with van der Waals surface area (Å²) < 4.78 is 10.7. The zero-order valence-electron chi connectivity index (χ0n) is 18.4. The molecule has 3 aromatic carbocycles. The predicted molar refractivity (Wildman–Crippen MR) is 125 cm³/mol. The van der Waals surface area contributed by atoms with Crippen molar-refractivity contribution in [1.29, 1.82) is 0 Å². The molecule has 0 spiro atoms. The molecule has 1 N–H and O–H groups in total. The maximum absolute atomic E-state index is 13.5. The smallest absolute Gasteiger partial charge is 0.282 e. The van der Waals surface area contributed by atoms with Gasteiger partial charge in [-0.25, -0.2) is 4.90 Å². The monoisotopic (exact) mass is 428 g/mol. The van der Waals surface area contributed by atoms with Gasteiger partial charge in [-0.05, 0) is 66.9 Å². The van der Waals surface area contributed by atoms with Crippen LogP contribution in [-0.2, 0) is 9.59 Å². The minimum atomic E-state index is -0.421. The molecule has 1 aliphatic rings.